The van der Waals surface area contributed by atoms with Crippen LogP contribution in [0.2, 0.25) is 0 Å². The predicted octanol–water partition coefficient (Wildman–Crippen LogP) is -2.52. The fourth-order valence-electron chi connectivity index (χ4n) is 5.73. The lowest BCUT2D eigenvalue weighted by molar-refractivity contribution is -0.427. The third-order valence-electron chi connectivity index (χ3n) is 7.65. The third kappa shape index (κ3) is 5.54. The van der Waals surface area contributed by atoms with Crippen molar-refractivity contribution in [2.75, 3.05) is 26.0 Å². The molecule has 0 aromatic carbocycles. The molecule has 0 amide bonds. The molecule has 13 atom stereocenters. The molecule has 5 rings (SSSR count). The highest BCUT2D eigenvalue weighted by Crippen LogP contribution is 2.68. The molecule has 2 aromatic rings. The maximum Gasteiger partial charge on any atom is 0.482 e. The molecular formula is C20H31N5O14P2S. The highest BCUT2D eigenvalue weighted by Gasteiger charge is 2.73. The van der Waals surface area contributed by atoms with E-state index < -0.39 is 94.4 Å². The number of aromatic amines is 1. The molecule has 19 nitrogen and oxygen atoms in total. The van der Waals surface area contributed by atoms with E-state index in [1.165, 1.54) is 13.4 Å². The Morgan fingerprint density at radius 2 is 1.98 bits per heavy atom. The van der Waals surface area contributed by atoms with E-state index in [2.05, 4.69) is 36.8 Å². The molecule has 0 bridgehead atoms. The zero-order chi connectivity index (χ0) is 30.8. The van der Waals surface area contributed by atoms with E-state index >= 15 is 0 Å². The number of ether oxygens (including phenoxy) is 2. The molecule has 1 saturated carbocycles. The van der Waals surface area contributed by atoms with Gasteiger partial charge in [0, 0.05) is 11.8 Å². The first kappa shape index (κ1) is 32.1. The summed E-state index contributed by atoms with van der Waals surface area (Å²) < 4.78 is 51.0. The fourth-order valence-corrected chi connectivity index (χ4v) is 8.92. The SMILES string of the molecule is CN[C@H]1[C@@H](O)[C@H](c2c[nH]c3c(N)ncnc23)O[C@@H]1COP(=O)(S)OP(=O)(O)OC1OC2(O)C1C(O)C(O)C2[C@@H](O)CO. The number of nitrogen functional groups attached to an aromatic ring is 1. The van der Waals surface area contributed by atoms with Crippen LogP contribution < -0.4 is 11.1 Å². The number of aliphatic hydroxyl groups is 6. The van der Waals surface area contributed by atoms with Crippen LogP contribution in [0.5, 0.6) is 0 Å². The summed E-state index contributed by atoms with van der Waals surface area (Å²) in [7, 11) is -3.80. The first-order chi connectivity index (χ1) is 19.6. The summed E-state index contributed by atoms with van der Waals surface area (Å²) in [4.78, 5) is 21.2. The van der Waals surface area contributed by atoms with E-state index in [0.29, 0.717) is 16.6 Å². The lowest BCUT2D eigenvalue weighted by Gasteiger charge is -2.49. The molecule has 236 valence electrons. The second-order valence-electron chi connectivity index (χ2n) is 10.1. The third-order valence-corrected chi connectivity index (χ3v) is 11.3. The Balaban J connectivity index is 1.21. The average molecular weight is 660 g/mol. The summed E-state index contributed by atoms with van der Waals surface area (Å²) in [6, 6.07) is -0.775. The molecule has 0 radical (unpaired) electrons. The Hall–Kier alpha value is -1.29. The van der Waals surface area contributed by atoms with Crippen LogP contribution in [0, 0.1) is 11.8 Å². The monoisotopic (exact) mass is 659 g/mol. The van der Waals surface area contributed by atoms with Gasteiger partial charge in [-0.15, -0.1) is 0 Å². The summed E-state index contributed by atoms with van der Waals surface area (Å²) in [5, 5.41) is 63.9. The number of hydrogen-bond acceptors (Lipinski definition) is 17. The van der Waals surface area contributed by atoms with Crippen molar-refractivity contribution in [3.63, 3.8) is 0 Å². The lowest BCUT2D eigenvalue weighted by Crippen LogP contribution is -2.64. The molecule has 8 unspecified atom stereocenters. The number of nitrogens with one attached hydrogen (secondary N) is 2. The Labute approximate surface area is 242 Å². The van der Waals surface area contributed by atoms with Crippen LogP contribution in [0.3, 0.4) is 0 Å². The first-order valence-electron chi connectivity index (χ1n) is 12.5. The summed E-state index contributed by atoms with van der Waals surface area (Å²) in [6.45, 7) is -6.11. The summed E-state index contributed by atoms with van der Waals surface area (Å²) in [6.07, 6.45) is -7.41. The number of H-pyrrole nitrogens is 1. The van der Waals surface area contributed by atoms with Crippen molar-refractivity contribution in [3.05, 3.63) is 18.1 Å². The van der Waals surface area contributed by atoms with E-state index in [0.717, 1.165) is 0 Å². The van der Waals surface area contributed by atoms with Crippen molar-refractivity contribution in [1.82, 2.24) is 20.3 Å². The molecule has 2 saturated heterocycles. The van der Waals surface area contributed by atoms with Crippen LogP contribution in [-0.4, -0.2) is 119 Å². The van der Waals surface area contributed by atoms with E-state index in [4.69, 9.17) is 24.3 Å². The van der Waals surface area contributed by atoms with Gasteiger partial charge in [0.2, 0.25) is 0 Å². The largest absolute Gasteiger partial charge is 0.482 e. The number of rotatable bonds is 11. The number of anilines is 1. The van der Waals surface area contributed by atoms with Gasteiger partial charge in [-0.2, -0.15) is 4.31 Å². The van der Waals surface area contributed by atoms with Gasteiger partial charge < -0.3 is 61.0 Å². The van der Waals surface area contributed by atoms with Gasteiger partial charge in [-0.05, 0) is 7.05 Å². The van der Waals surface area contributed by atoms with Gasteiger partial charge in [0.15, 0.2) is 17.9 Å². The van der Waals surface area contributed by atoms with Crippen LogP contribution in [0.1, 0.15) is 11.7 Å². The normalized spacial score (nSPS) is 39.9. The first-order valence-corrected chi connectivity index (χ1v) is 16.7. The second kappa shape index (κ2) is 11.6. The van der Waals surface area contributed by atoms with Crippen molar-refractivity contribution in [1.29, 1.82) is 0 Å². The van der Waals surface area contributed by atoms with Crippen LogP contribution >= 0.6 is 26.9 Å². The van der Waals surface area contributed by atoms with Crippen LogP contribution in [0.4, 0.5) is 5.82 Å². The number of fused-ring (bicyclic) bond motifs is 2. The number of phosphoric ester groups is 1. The highest BCUT2D eigenvalue weighted by molar-refractivity contribution is 8.45. The number of aromatic nitrogens is 3. The number of likely N-dealkylation sites (N-methyl/N-ethyl adjacent to an activating group) is 1. The fraction of sp³-hybridized carbons (Fsp3) is 0.700. The maximum atomic E-state index is 12.9. The Morgan fingerprint density at radius 1 is 1.26 bits per heavy atom. The number of phosphoric acid groups is 1. The molecule has 11 N–H and O–H groups in total. The van der Waals surface area contributed by atoms with Gasteiger partial charge in [0.05, 0.1) is 54.9 Å². The summed E-state index contributed by atoms with van der Waals surface area (Å²) in [5.41, 5.74) is 7.16. The van der Waals surface area contributed by atoms with Gasteiger partial charge in [-0.25, -0.2) is 19.1 Å². The zero-order valence-corrected chi connectivity index (χ0v) is 24.3. The van der Waals surface area contributed by atoms with E-state index in [-0.39, 0.29) is 5.82 Å². The molecule has 3 aliphatic rings. The Bertz CT molecular complexity index is 1410. The molecule has 22 heteroatoms. The molecule has 2 aliphatic heterocycles. The molecule has 42 heavy (non-hydrogen) atoms. The minimum absolute atomic E-state index is 0.186. The van der Waals surface area contributed by atoms with E-state index in [1.54, 1.807) is 6.20 Å². The molecule has 3 fully saturated rings. The number of nitrogens with zero attached hydrogens (tertiary/aromatic N) is 2. The molecule has 4 heterocycles. The van der Waals surface area contributed by atoms with Crippen molar-refractivity contribution < 1.29 is 67.5 Å². The minimum atomic E-state index is -5.33. The smallest absolute Gasteiger partial charge is 0.394 e. The Kier molecular flexibility index (Phi) is 8.85. The zero-order valence-electron chi connectivity index (χ0n) is 21.6. The number of hydrogen-bond donors (Lipinski definition) is 11. The van der Waals surface area contributed by atoms with Crippen molar-refractivity contribution in [2.45, 2.75) is 54.7 Å². The van der Waals surface area contributed by atoms with Crippen molar-refractivity contribution in [3.8, 4) is 0 Å². The lowest BCUT2D eigenvalue weighted by atomic mass is 9.86. The van der Waals surface area contributed by atoms with E-state index in [9.17, 15) is 44.7 Å². The summed E-state index contributed by atoms with van der Waals surface area (Å²) in [5.74, 6) is -5.34. The summed E-state index contributed by atoms with van der Waals surface area (Å²) >= 11 is 3.71. The van der Waals surface area contributed by atoms with Crippen LogP contribution in [0.15, 0.2) is 12.5 Å². The van der Waals surface area contributed by atoms with Crippen molar-refractivity contribution >= 4 is 43.7 Å². The highest BCUT2D eigenvalue weighted by atomic mass is 32.7. The quantitative estimate of drug-likeness (QED) is 0.0876. The number of aliphatic hydroxyl groups excluding tert-OH is 5. The van der Waals surface area contributed by atoms with Crippen LogP contribution in [0.25, 0.3) is 11.0 Å². The number of thiol groups is 1. The minimum Gasteiger partial charge on any atom is -0.394 e. The number of nitrogens with two attached hydrogens (primary N) is 1. The van der Waals surface area contributed by atoms with Gasteiger partial charge >= 0.3 is 14.6 Å². The van der Waals surface area contributed by atoms with Gasteiger partial charge in [0.25, 0.3) is 0 Å². The van der Waals surface area contributed by atoms with E-state index in [1.807, 2.05) is 0 Å². The molecule has 0 spiro atoms. The van der Waals surface area contributed by atoms with Gasteiger partial charge in [0.1, 0.15) is 30.2 Å². The van der Waals surface area contributed by atoms with Crippen molar-refractivity contribution in [2.24, 2.45) is 11.8 Å². The topological polar surface area (TPSA) is 302 Å². The predicted molar refractivity (Wildman–Crippen MR) is 141 cm³/mol. The second-order valence-corrected chi connectivity index (χ2v) is 14.5. The maximum absolute atomic E-state index is 12.9. The Morgan fingerprint density at radius 3 is 2.64 bits per heavy atom. The standard InChI is InChI=1S/C20H31N5O14P2S/c1-22-12-8(36-17(16(12)30)6-2-23-13-11(6)24-5-25-18(13)21)4-35-41(34,42)39-40(32,33)38-19-10-15(29)14(28)9(7(27)3-26)20(10,31)37-19/h2,5,7-10,12,14-17,19,22-23,26-31H,3-4H2,1H3,(H,32,33)(H,34,42)(H2,21,24,25)/t7-,8+,9?,10?,12+,14?,15?,16+,17-,19?,20?,41?/m0/s1. The van der Waals surface area contributed by atoms with Gasteiger partial charge in [-0.3, -0.25) is 9.05 Å². The van der Waals surface area contributed by atoms with Crippen LogP contribution in [-0.2, 0) is 32.0 Å². The molecular weight excluding hydrogens is 628 g/mol. The van der Waals surface area contributed by atoms with Gasteiger partial charge in [-0.1, -0.05) is 12.2 Å². The molecule has 2 aromatic heterocycles. The molecule has 1 aliphatic carbocycles. The average Bonchev–Trinajstić information content (AvgIpc) is 3.50.